The average Bonchev–Trinajstić information content (AvgIpc) is 3.05. The van der Waals surface area contributed by atoms with Gasteiger partial charge in [0.25, 0.3) is 0 Å². The van der Waals surface area contributed by atoms with Gasteiger partial charge in [0.1, 0.15) is 0 Å². The maximum absolute atomic E-state index is 11.3. The van der Waals surface area contributed by atoms with Gasteiger partial charge in [0, 0.05) is 24.5 Å². The molecule has 8 nitrogen and oxygen atoms in total. The molecule has 0 aliphatic heterocycles. The summed E-state index contributed by atoms with van der Waals surface area (Å²) in [6.45, 7) is 0. The molecule has 1 heterocycles. The lowest BCUT2D eigenvalue weighted by atomic mass is 10.1. The van der Waals surface area contributed by atoms with Crippen LogP contribution in [-0.2, 0) is 11.2 Å². The normalized spacial score (nSPS) is 12.3. The molecular weight excluding hydrogens is 302 g/mol. The van der Waals surface area contributed by atoms with Crippen molar-refractivity contribution >= 4 is 12.2 Å². The maximum atomic E-state index is 11.3. The number of hydrogen-bond acceptors (Lipinski definition) is 6. The topological polar surface area (TPSA) is 117 Å². The number of nitrogens with one attached hydrogen (secondary N) is 1. The minimum atomic E-state index is -1.05. The number of carboxylic acid groups (broad SMARTS) is 1. The van der Waals surface area contributed by atoms with Crippen LogP contribution < -0.4 is 9.47 Å². The average molecular weight is 319 g/mol. The molecule has 0 saturated heterocycles. The van der Waals surface area contributed by atoms with E-state index < -0.39 is 12.0 Å². The van der Waals surface area contributed by atoms with E-state index in [2.05, 4.69) is 15.0 Å². The maximum Gasteiger partial charge on any atom is 0.328 e. The predicted molar refractivity (Wildman–Crippen MR) is 82.5 cm³/mol. The highest BCUT2D eigenvalue weighted by molar-refractivity contribution is 5.85. The van der Waals surface area contributed by atoms with Gasteiger partial charge in [-0.3, -0.25) is 4.99 Å². The van der Waals surface area contributed by atoms with Crippen LogP contribution in [0.15, 0.2) is 29.6 Å². The van der Waals surface area contributed by atoms with Crippen molar-refractivity contribution in [3.8, 4) is 17.2 Å². The minimum Gasteiger partial charge on any atom is -0.502 e. The summed E-state index contributed by atoms with van der Waals surface area (Å²) >= 11 is 0. The van der Waals surface area contributed by atoms with Crippen LogP contribution in [0.25, 0.3) is 0 Å². The molecule has 0 aliphatic rings. The number of benzene rings is 1. The largest absolute Gasteiger partial charge is 0.502 e. The number of aliphatic carboxylic acids is 1. The Balaban J connectivity index is 2.24. The van der Waals surface area contributed by atoms with Gasteiger partial charge in [-0.25, -0.2) is 9.78 Å². The van der Waals surface area contributed by atoms with Crippen molar-refractivity contribution in [2.24, 2.45) is 4.99 Å². The van der Waals surface area contributed by atoms with Crippen LogP contribution >= 0.6 is 0 Å². The molecule has 0 aliphatic carbocycles. The quantitative estimate of drug-likeness (QED) is 0.661. The van der Waals surface area contributed by atoms with E-state index in [1.807, 2.05) is 0 Å². The summed E-state index contributed by atoms with van der Waals surface area (Å²) < 4.78 is 10.1. The second-order valence-corrected chi connectivity index (χ2v) is 4.69. The number of nitrogens with zero attached hydrogens (tertiary/aromatic N) is 2. The van der Waals surface area contributed by atoms with E-state index in [0.717, 1.165) is 0 Å². The standard InChI is InChI=1S/C15H17N3O5/c1-22-12-3-9(4-13(23-2)14(12)19)6-17-11(15(20)21)5-10-7-16-8-18-10/h3-4,6-8,11,19H,5H2,1-2H3,(H,16,18)(H,20,21). The summed E-state index contributed by atoms with van der Waals surface area (Å²) in [7, 11) is 2.82. The van der Waals surface area contributed by atoms with Crippen LogP contribution in [0.2, 0.25) is 0 Å². The number of imidazole rings is 1. The fourth-order valence-electron chi connectivity index (χ4n) is 1.97. The Labute approximate surface area is 132 Å². The molecule has 0 bridgehead atoms. The monoisotopic (exact) mass is 319 g/mol. The van der Waals surface area contributed by atoms with Crippen LogP contribution in [0.5, 0.6) is 17.2 Å². The Morgan fingerprint density at radius 1 is 1.39 bits per heavy atom. The molecule has 1 unspecified atom stereocenters. The second-order valence-electron chi connectivity index (χ2n) is 4.69. The highest BCUT2D eigenvalue weighted by Gasteiger charge is 2.17. The fourth-order valence-corrected chi connectivity index (χ4v) is 1.97. The zero-order valence-corrected chi connectivity index (χ0v) is 12.7. The first-order valence-corrected chi connectivity index (χ1v) is 6.73. The molecule has 3 N–H and O–H groups in total. The Hall–Kier alpha value is -3.03. The zero-order valence-electron chi connectivity index (χ0n) is 12.7. The van der Waals surface area contributed by atoms with Gasteiger partial charge in [0.2, 0.25) is 5.75 Å². The SMILES string of the molecule is COc1cc(C=NC(Cc2cnc[nH]2)C(=O)O)cc(OC)c1O. The van der Waals surface area contributed by atoms with Gasteiger partial charge in [0.05, 0.1) is 20.5 Å². The molecule has 8 heteroatoms. The number of methoxy groups -OCH3 is 2. The van der Waals surface area contributed by atoms with Gasteiger partial charge >= 0.3 is 5.97 Å². The second kappa shape index (κ2) is 7.30. The lowest BCUT2D eigenvalue weighted by Gasteiger charge is -2.10. The molecule has 23 heavy (non-hydrogen) atoms. The van der Waals surface area contributed by atoms with E-state index in [1.165, 1.54) is 38.9 Å². The molecule has 1 atom stereocenters. The van der Waals surface area contributed by atoms with E-state index in [0.29, 0.717) is 11.3 Å². The Bertz CT molecular complexity index is 672. The number of hydrogen-bond donors (Lipinski definition) is 3. The van der Waals surface area contributed by atoms with Crippen molar-refractivity contribution < 1.29 is 24.5 Å². The Morgan fingerprint density at radius 3 is 2.52 bits per heavy atom. The summed E-state index contributed by atoms with van der Waals surface area (Å²) in [5.74, 6) is -0.745. The van der Waals surface area contributed by atoms with Gasteiger partial charge in [-0.05, 0) is 17.7 Å². The molecule has 1 aromatic carbocycles. The highest BCUT2D eigenvalue weighted by Crippen LogP contribution is 2.36. The van der Waals surface area contributed by atoms with Gasteiger partial charge < -0.3 is 24.7 Å². The molecule has 1 aromatic heterocycles. The predicted octanol–water partition coefficient (Wildman–Crippen LogP) is 1.25. The van der Waals surface area contributed by atoms with E-state index in [4.69, 9.17) is 9.47 Å². The number of aromatic amines is 1. The van der Waals surface area contributed by atoms with Gasteiger partial charge in [-0.2, -0.15) is 0 Å². The van der Waals surface area contributed by atoms with E-state index >= 15 is 0 Å². The molecule has 0 radical (unpaired) electrons. The number of carboxylic acids is 1. The van der Waals surface area contributed by atoms with E-state index in [1.54, 1.807) is 6.20 Å². The van der Waals surface area contributed by atoms with Crippen molar-refractivity contribution in [2.45, 2.75) is 12.5 Å². The highest BCUT2D eigenvalue weighted by atomic mass is 16.5. The Morgan fingerprint density at radius 2 is 2.04 bits per heavy atom. The third-order valence-electron chi connectivity index (χ3n) is 3.16. The van der Waals surface area contributed by atoms with Crippen LogP contribution in [0.1, 0.15) is 11.3 Å². The summed E-state index contributed by atoms with van der Waals surface area (Å²) in [5, 5.41) is 19.1. The number of rotatable bonds is 7. The number of ether oxygens (including phenoxy) is 2. The number of H-pyrrole nitrogens is 1. The van der Waals surface area contributed by atoms with Crippen LogP contribution in [0.4, 0.5) is 0 Å². The molecule has 0 fully saturated rings. The molecule has 2 rings (SSSR count). The first-order chi connectivity index (χ1) is 11.0. The lowest BCUT2D eigenvalue weighted by molar-refractivity contribution is -0.138. The minimum absolute atomic E-state index is 0.126. The first kappa shape index (κ1) is 16.3. The summed E-state index contributed by atoms with van der Waals surface area (Å²) in [6.07, 6.45) is 4.63. The number of aromatic nitrogens is 2. The van der Waals surface area contributed by atoms with Crippen LogP contribution in [-0.4, -0.2) is 52.6 Å². The molecular formula is C15H17N3O5. The van der Waals surface area contributed by atoms with Crippen molar-refractivity contribution in [2.75, 3.05) is 14.2 Å². The van der Waals surface area contributed by atoms with E-state index in [9.17, 15) is 15.0 Å². The first-order valence-electron chi connectivity index (χ1n) is 6.73. The number of aromatic hydroxyl groups is 1. The lowest BCUT2D eigenvalue weighted by Crippen LogP contribution is -2.21. The third-order valence-corrected chi connectivity index (χ3v) is 3.16. The van der Waals surface area contributed by atoms with Crippen molar-refractivity contribution in [1.29, 1.82) is 0 Å². The number of aliphatic imine (C=N–C) groups is 1. The third kappa shape index (κ3) is 4.00. The van der Waals surface area contributed by atoms with Crippen molar-refractivity contribution in [3.05, 3.63) is 35.9 Å². The number of phenolic OH excluding ortho intramolecular Hbond substituents is 1. The Kier molecular flexibility index (Phi) is 5.19. The van der Waals surface area contributed by atoms with Crippen LogP contribution in [0.3, 0.4) is 0 Å². The molecule has 0 saturated carbocycles. The van der Waals surface area contributed by atoms with Gasteiger partial charge in [-0.1, -0.05) is 0 Å². The van der Waals surface area contributed by atoms with E-state index in [-0.39, 0.29) is 23.7 Å². The van der Waals surface area contributed by atoms with Crippen LogP contribution in [0, 0.1) is 0 Å². The summed E-state index contributed by atoms with van der Waals surface area (Å²) in [5.41, 5.74) is 1.22. The molecule has 0 spiro atoms. The number of carbonyl (C=O) groups is 1. The molecule has 122 valence electrons. The molecule has 0 amide bonds. The fraction of sp³-hybridized carbons (Fsp3) is 0.267. The van der Waals surface area contributed by atoms with Gasteiger partial charge in [0.15, 0.2) is 17.5 Å². The smallest absolute Gasteiger partial charge is 0.328 e. The van der Waals surface area contributed by atoms with Gasteiger partial charge in [-0.15, -0.1) is 0 Å². The van der Waals surface area contributed by atoms with Crippen molar-refractivity contribution in [3.63, 3.8) is 0 Å². The summed E-state index contributed by atoms with van der Waals surface area (Å²) in [6, 6.07) is 2.12. The van der Waals surface area contributed by atoms with Crippen molar-refractivity contribution in [1.82, 2.24) is 9.97 Å². The molecule has 2 aromatic rings. The summed E-state index contributed by atoms with van der Waals surface area (Å²) in [4.78, 5) is 22.1. The zero-order chi connectivity index (χ0) is 16.8. The number of phenols is 1.